The second-order valence-electron chi connectivity index (χ2n) is 51.3. The smallest absolute Gasteiger partial charge is 0.0572 e. The van der Waals surface area contributed by atoms with E-state index in [1.807, 2.05) is 45.5 Å². The Balaban J connectivity index is -0.000000198. The van der Waals surface area contributed by atoms with E-state index in [0.29, 0.717) is 30.2 Å². The number of para-hydroxylation sites is 2. The zero-order valence-electron chi connectivity index (χ0n) is 110. The minimum absolute atomic E-state index is 0.525. The van der Waals surface area contributed by atoms with Crippen molar-refractivity contribution in [1.29, 1.82) is 0 Å². The average Bonchev–Trinajstić information content (AvgIpc) is 0.881. The summed E-state index contributed by atoms with van der Waals surface area (Å²) in [5.74, 6) is 13.3. The van der Waals surface area contributed by atoms with Crippen molar-refractivity contribution in [1.82, 2.24) is 66.2 Å². The summed E-state index contributed by atoms with van der Waals surface area (Å²) in [6.07, 6.45) is 25.6. The van der Waals surface area contributed by atoms with Crippen molar-refractivity contribution >= 4 is 11.4 Å². The molecule has 0 bridgehead atoms. The zero-order valence-corrected chi connectivity index (χ0v) is 110. The Morgan fingerprint density at radius 3 is 0.884 bits per heavy atom. The number of rotatable bonds is 48. The van der Waals surface area contributed by atoms with Crippen LogP contribution in [0.3, 0.4) is 0 Å². The predicted molar refractivity (Wildman–Crippen MR) is 671 cm³/mol. The molecule has 0 atom stereocenters. The van der Waals surface area contributed by atoms with Crippen molar-refractivity contribution in [2.75, 3.05) is 225 Å². The van der Waals surface area contributed by atoms with Gasteiger partial charge in [0.15, 0.2) is 0 Å². The number of anilines is 2. The van der Waals surface area contributed by atoms with Crippen LogP contribution in [-0.2, 0) is 9.47 Å². The van der Waals surface area contributed by atoms with Crippen molar-refractivity contribution in [2.45, 2.75) is 455 Å². The van der Waals surface area contributed by atoms with Crippen LogP contribution in [-0.4, -0.2) is 298 Å². The van der Waals surface area contributed by atoms with E-state index in [4.69, 9.17) is 9.47 Å². The maximum Gasteiger partial charge on any atom is 0.0572 e. The number of hydrogen-bond donors (Lipinski definition) is 7. The lowest BCUT2D eigenvalue weighted by molar-refractivity contribution is 0.0421. The summed E-state index contributed by atoms with van der Waals surface area (Å²) >= 11 is 0. The summed E-state index contributed by atoms with van der Waals surface area (Å²) in [6, 6.07) is 25.4. The fourth-order valence-corrected chi connectivity index (χ4v) is 17.1. The largest absolute Gasteiger partial charge is 0.385 e. The first kappa shape index (κ1) is 161. The standard InChI is InChI=1S/C12H25NO.C11H23NO.C11H23N.C11H17N.C10H21N.C10H15N.C9H21N.3C8H19N.2C7H17N.2C6H15N.C5H13N/c1-10(2)9-13(3)11-5-7-12(14-4)8-6-11;1-9(2)8-12-10-4-6-11(13-3)7-5-10;2*1-10(2)9-12(3)11-7-5-4-6-8-11;2*1-9(2)8-11-10-6-4-3-5-7-10;1-8(2)6-10(5)7-9(3)4;1-7(2)6-9(5)8(3)4;1-7(2)5-9-6-8(3)4;1-5-9(6-2)7-8(3)4;1-6(2)5-8-7(3)4;1-5-8(4)6-7(2)3;1-6(2)5-7(3)4;1-4-7-5-6(2)3;1-5(2)4-6-3/h10-12H,5-9H2,1-4H3;9-12H,4-8H2,1-3H3;10-11H,4-9H2,1-3H3;4-8,10H,9H2,1-3H3;9-11H,3-8H2,1-2H3;3-7,9,11H,8H2,1-2H3;8-9H,6-7H2,1-5H3;7-8H,6H2,1-5H3;7-9H,5-6H2,1-4H3;8H,5-7H2,1-4H3;6-8H,5H2,1-4H3;7H,5-6H2,1-4H3;6H,5H2,1-4H3;6-7H,4-5H2,1-3H3;5-6H,4H2,1-3H3. The Morgan fingerprint density at radius 1 is 0.295 bits per heavy atom. The highest BCUT2D eigenvalue weighted by molar-refractivity contribution is 5.45. The third-order valence-electron chi connectivity index (χ3n) is 24.5. The second kappa shape index (κ2) is 111. The molecule has 2 aromatic rings. The van der Waals surface area contributed by atoms with Gasteiger partial charge < -0.3 is 85.9 Å². The minimum atomic E-state index is 0.525. The van der Waals surface area contributed by atoms with E-state index in [2.05, 4.69) is 460 Å². The van der Waals surface area contributed by atoms with E-state index in [9.17, 15) is 0 Å². The summed E-state index contributed by atoms with van der Waals surface area (Å²) in [6.45, 7) is 118. The highest BCUT2D eigenvalue weighted by atomic mass is 16.5. The van der Waals surface area contributed by atoms with Crippen molar-refractivity contribution in [3.63, 3.8) is 0 Å². The van der Waals surface area contributed by atoms with Crippen LogP contribution in [0, 0.1) is 101 Å². The van der Waals surface area contributed by atoms with Gasteiger partial charge in [-0.25, -0.2) is 0 Å². The molecule has 0 unspecified atom stereocenters. The predicted octanol–water partition coefficient (Wildman–Crippen LogP) is 30.4. The van der Waals surface area contributed by atoms with Crippen LogP contribution in [0.1, 0.15) is 406 Å². The summed E-state index contributed by atoms with van der Waals surface area (Å²) in [5.41, 5.74) is 2.51. The van der Waals surface area contributed by atoms with Gasteiger partial charge in [-0.2, -0.15) is 0 Å². The van der Waals surface area contributed by atoms with Crippen LogP contribution in [0.4, 0.5) is 11.4 Å². The molecule has 0 spiro atoms. The Morgan fingerprint density at radius 2 is 0.623 bits per heavy atom. The van der Waals surface area contributed by atoms with E-state index < -0.39 is 0 Å². The lowest BCUT2D eigenvalue weighted by atomic mass is 9.91. The van der Waals surface area contributed by atoms with Crippen LogP contribution >= 0.6 is 0 Å². The molecule has 0 radical (unpaired) electrons. The van der Waals surface area contributed by atoms with Gasteiger partial charge in [0.25, 0.3) is 0 Å². The van der Waals surface area contributed by atoms with Gasteiger partial charge in [-0.05, 0) is 351 Å². The number of ether oxygens (including phenoxy) is 2. The summed E-state index contributed by atoms with van der Waals surface area (Å²) < 4.78 is 10.7. The molecule has 0 saturated heterocycles. The zero-order chi connectivity index (χ0) is 114. The Bertz CT molecular complexity index is 2690. The molecule has 7 N–H and O–H groups in total. The van der Waals surface area contributed by atoms with Crippen LogP contribution in [0.25, 0.3) is 0 Å². The molecule has 4 aliphatic rings. The summed E-state index contributed by atoms with van der Waals surface area (Å²) in [7, 11) is 23.0. The average molecular weight is 2070 g/mol. The van der Waals surface area contributed by atoms with E-state index in [-0.39, 0.29) is 0 Å². The molecule has 2 aromatic carbocycles. The Hall–Kier alpha value is -2.56. The minimum Gasteiger partial charge on any atom is -0.385 e. The molecule has 4 fully saturated rings. The first-order valence-electron chi connectivity index (χ1n) is 60.9. The highest BCUT2D eigenvalue weighted by Gasteiger charge is 2.25. The Kier molecular flexibility index (Phi) is 122. The Labute approximate surface area is 922 Å². The van der Waals surface area contributed by atoms with Gasteiger partial charge in [0.2, 0.25) is 0 Å². The molecule has 4 saturated carbocycles. The van der Waals surface area contributed by atoms with Gasteiger partial charge in [-0.15, -0.1) is 0 Å². The van der Waals surface area contributed by atoms with E-state index in [1.54, 1.807) is 0 Å². The molecule has 882 valence electrons. The van der Waals surface area contributed by atoms with Gasteiger partial charge in [0.1, 0.15) is 0 Å². The number of methoxy groups -OCH3 is 2. The van der Waals surface area contributed by atoms with E-state index in [1.165, 1.54) is 199 Å². The molecule has 146 heavy (non-hydrogen) atoms. The topological polar surface area (TPSA) is 129 Å². The van der Waals surface area contributed by atoms with Gasteiger partial charge in [-0.1, -0.05) is 352 Å². The van der Waals surface area contributed by atoms with E-state index >= 15 is 0 Å². The fraction of sp³-hybridized carbons (Fsp3) is 0.907. The molecular formula is C129H279N15O2. The molecule has 0 amide bonds. The van der Waals surface area contributed by atoms with Crippen molar-refractivity contribution < 1.29 is 9.47 Å². The first-order chi connectivity index (χ1) is 68.2. The third-order valence-corrected chi connectivity index (χ3v) is 24.5. The number of nitrogens with one attached hydrogen (secondary N) is 7. The maximum absolute atomic E-state index is 5.38. The molecule has 6 rings (SSSR count). The molecule has 17 heteroatoms. The molecule has 0 heterocycles. The highest BCUT2D eigenvalue weighted by Crippen LogP contribution is 2.26. The normalized spacial score (nSPS) is 15.9. The van der Waals surface area contributed by atoms with Crippen LogP contribution < -0.4 is 42.1 Å². The maximum atomic E-state index is 5.38. The lowest BCUT2D eigenvalue weighted by Gasteiger charge is -2.35. The molecule has 0 aliphatic heterocycles. The number of hydrogen-bond acceptors (Lipinski definition) is 17. The van der Waals surface area contributed by atoms with Crippen LogP contribution in [0.5, 0.6) is 0 Å². The van der Waals surface area contributed by atoms with Crippen molar-refractivity contribution in [3.8, 4) is 0 Å². The number of nitrogens with zero attached hydrogens (tertiary/aromatic N) is 8. The quantitative estimate of drug-likeness (QED) is 0.0339. The van der Waals surface area contributed by atoms with Crippen molar-refractivity contribution in [3.05, 3.63) is 60.7 Å². The van der Waals surface area contributed by atoms with Gasteiger partial charge >= 0.3 is 0 Å². The van der Waals surface area contributed by atoms with Crippen LogP contribution in [0.15, 0.2) is 60.7 Å². The fourth-order valence-electron chi connectivity index (χ4n) is 17.1. The first-order valence-corrected chi connectivity index (χ1v) is 60.9. The van der Waals surface area contributed by atoms with Crippen molar-refractivity contribution in [2.24, 2.45) is 101 Å². The van der Waals surface area contributed by atoms with Crippen LogP contribution in [0.2, 0.25) is 0 Å². The van der Waals surface area contributed by atoms with Gasteiger partial charge in [0, 0.05) is 128 Å². The molecule has 4 aliphatic carbocycles. The van der Waals surface area contributed by atoms with Gasteiger partial charge in [0.05, 0.1) is 12.2 Å². The molecule has 0 aromatic heterocycles. The molecular weight excluding hydrogens is 1790 g/mol. The second-order valence-corrected chi connectivity index (χ2v) is 51.3. The SMILES string of the molecule is CC(C)CN(C)C.CC(C)CN(C)C(C)C.CC(C)CN(C)C1CCCCC1.CC(C)CN(C)CC(C)C.CC(C)CN(C)c1ccccc1.CC(C)CNC(C)C.CC(C)CNC1CCCCC1.CC(C)CNCC(C)C.CC(C)CNc1ccccc1.CCN(C)CC(C)C.CCN(CC)CC(C)C.CCNCC(C)C.CNCC(C)C.COC1CCC(N(C)CC(C)C)CC1.COC1CCC(NCC(C)C)CC1. The van der Waals surface area contributed by atoms with Gasteiger partial charge in [-0.3, -0.25) is 0 Å². The lowest BCUT2D eigenvalue weighted by Crippen LogP contribution is -2.38. The third kappa shape index (κ3) is 134. The monoisotopic (exact) mass is 2070 g/mol. The van der Waals surface area contributed by atoms with E-state index in [0.717, 1.165) is 184 Å². The molecule has 17 nitrogen and oxygen atoms in total. The number of benzene rings is 2. The summed E-state index contributed by atoms with van der Waals surface area (Å²) in [4.78, 5) is 19.1. The summed E-state index contributed by atoms with van der Waals surface area (Å²) in [5, 5.41) is 23.6.